The summed E-state index contributed by atoms with van der Waals surface area (Å²) in [6.07, 6.45) is 4.71. The van der Waals surface area contributed by atoms with Crippen LogP contribution in [0.5, 0.6) is 11.5 Å². The van der Waals surface area contributed by atoms with Crippen LogP contribution in [-0.4, -0.2) is 11.2 Å². The van der Waals surface area contributed by atoms with E-state index in [0.717, 1.165) is 18.6 Å². The molecular weight excluding hydrogens is 284 g/mol. The maximum Gasteiger partial charge on any atom is 0.125 e. The van der Waals surface area contributed by atoms with Crippen LogP contribution in [0.2, 0.25) is 5.02 Å². The second-order valence-corrected chi connectivity index (χ2v) is 6.45. The molecular formula is C18H17ClO2. The molecule has 2 nitrogen and oxygen atoms in total. The lowest BCUT2D eigenvalue weighted by Gasteiger charge is -2.38. The normalized spacial score (nSPS) is 26.8. The third kappa shape index (κ3) is 1.86. The summed E-state index contributed by atoms with van der Waals surface area (Å²) < 4.78 is 6.23. The Balaban J connectivity index is 1.92. The molecule has 0 saturated heterocycles. The molecule has 1 heterocycles. The predicted molar refractivity (Wildman–Crippen MR) is 83.2 cm³/mol. The van der Waals surface area contributed by atoms with Gasteiger partial charge in [0.05, 0.1) is 5.41 Å². The first-order chi connectivity index (χ1) is 10.2. The quantitative estimate of drug-likeness (QED) is 0.829. The number of rotatable bonds is 1. The molecule has 2 aromatic rings. The molecule has 1 saturated carbocycles. The molecule has 0 bridgehead atoms. The van der Waals surface area contributed by atoms with Gasteiger partial charge in [0, 0.05) is 10.6 Å². The van der Waals surface area contributed by atoms with E-state index in [1.807, 2.05) is 24.3 Å². The Hall–Kier alpha value is -1.67. The van der Waals surface area contributed by atoms with E-state index in [1.165, 1.54) is 24.0 Å². The van der Waals surface area contributed by atoms with Gasteiger partial charge in [0.1, 0.15) is 17.6 Å². The van der Waals surface area contributed by atoms with Crippen LogP contribution in [0, 0.1) is 0 Å². The summed E-state index contributed by atoms with van der Waals surface area (Å²) in [6.45, 7) is 0. The Morgan fingerprint density at radius 2 is 1.90 bits per heavy atom. The molecule has 21 heavy (non-hydrogen) atoms. The summed E-state index contributed by atoms with van der Waals surface area (Å²) >= 11 is 6.12. The lowest BCUT2D eigenvalue weighted by atomic mass is 9.64. The smallest absolute Gasteiger partial charge is 0.125 e. The van der Waals surface area contributed by atoms with Crippen molar-refractivity contribution >= 4 is 11.6 Å². The van der Waals surface area contributed by atoms with Crippen LogP contribution in [0.3, 0.4) is 0 Å². The molecule has 3 heteroatoms. The molecule has 0 radical (unpaired) electrons. The average molecular weight is 301 g/mol. The zero-order chi connectivity index (χ0) is 14.4. The fourth-order valence-corrected chi connectivity index (χ4v) is 4.13. The summed E-state index contributed by atoms with van der Waals surface area (Å²) in [4.78, 5) is 0. The summed E-state index contributed by atoms with van der Waals surface area (Å²) in [5.41, 5.74) is 2.37. The van der Waals surface area contributed by atoms with E-state index in [1.54, 1.807) is 12.1 Å². The number of phenols is 1. The molecule has 2 atom stereocenters. The third-order valence-electron chi connectivity index (χ3n) is 4.91. The Labute approximate surface area is 129 Å². The third-order valence-corrected chi connectivity index (χ3v) is 5.15. The van der Waals surface area contributed by atoms with Crippen molar-refractivity contribution in [2.24, 2.45) is 0 Å². The van der Waals surface area contributed by atoms with E-state index in [0.29, 0.717) is 10.8 Å². The molecule has 1 fully saturated rings. The first-order valence-electron chi connectivity index (χ1n) is 7.46. The zero-order valence-corrected chi connectivity index (χ0v) is 12.4. The average Bonchev–Trinajstić information content (AvgIpc) is 2.82. The standard InChI is InChI=1S/C18H17ClO2/c19-13-6-9-15-16(11-13)21-17-3-1-2-10-18(15,17)12-4-7-14(20)8-5-12/h4-9,11,17,20H,1-3,10H2/t17-,18+/m0/s1. The summed E-state index contributed by atoms with van der Waals surface area (Å²) in [6, 6.07) is 13.6. The number of ether oxygens (including phenoxy) is 1. The Kier molecular flexibility index (Phi) is 2.90. The lowest BCUT2D eigenvalue weighted by Crippen LogP contribution is -2.41. The highest BCUT2D eigenvalue weighted by Gasteiger charge is 2.51. The van der Waals surface area contributed by atoms with Crippen molar-refractivity contribution in [3.05, 3.63) is 58.6 Å². The van der Waals surface area contributed by atoms with Gasteiger partial charge in [-0.15, -0.1) is 0 Å². The maximum atomic E-state index is 9.58. The monoisotopic (exact) mass is 300 g/mol. The van der Waals surface area contributed by atoms with Gasteiger partial charge in [0.15, 0.2) is 0 Å². The van der Waals surface area contributed by atoms with Gasteiger partial charge in [-0.25, -0.2) is 0 Å². The Morgan fingerprint density at radius 1 is 1.10 bits per heavy atom. The Bertz CT molecular complexity index is 680. The van der Waals surface area contributed by atoms with E-state index < -0.39 is 0 Å². The highest BCUT2D eigenvalue weighted by molar-refractivity contribution is 6.30. The van der Waals surface area contributed by atoms with Crippen molar-refractivity contribution < 1.29 is 9.84 Å². The van der Waals surface area contributed by atoms with Gasteiger partial charge in [0.2, 0.25) is 0 Å². The molecule has 0 spiro atoms. The van der Waals surface area contributed by atoms with Crippen molar-refractivity contribution in [1.29, 1.82) is 0 Å². The van der Waals surface area contributed by atoms with E-state index in [2.05, 4.69) is 6.07 Å². The molecule has 0 unspecified atom stereocenters. The molecule has 2 aliphatic rings. The van der Waals surface area contributed by atoms with Crippen LogP contribution in [-0.2, 0) is 5.41 Å². The van der Waals surface area contributed by atoms with Crippen molar-refractivity contribution in [2.75, 3.05) is 0 Å². The van der Waals surface area contributed by atoms with Crippen molar-refractivity contribution in [2.45, 2.75) is 37.2 Å². The molecule has 108 valence electrons. The van der Waals surface area contributed by atoms with Gasteiger partial charge in [-0.1, -0.05) is 36.2 Å². The molecule has 0 aromatic heterocycles. The number of hydrogen-bond donors (Lipinski definition) is 1. The van der Waals surface area contributed by atoms with Crippen LogP contribution < -0.4 is 4.74 Å². The first-order valence-corrected chi connectivity index (χ1v) is 7.84. The second kappa shape index (κ2) is 4.67. The number of benzene rings is 2. The predicted octanol–water partition coefficient (Wildman–Crippen LogP) is 4.67. The van der Waals surface area contributed by atoms with Gasteiger partial charge in [-0.05, 0) is 49.1 Å². The molecule has 1 N–H and O–H groups in total. The SMILES string of the molecule is Oc1ccc([C@@]23CCCC[C@@H]2Oc2cc(Cl)ccc23)cc1. The van der Waals surface area contributed by atoms with Crippen LogP contribution in [0.25, 0.3) is 0 Å². The van der Waals surface area contributed by atoms with Gasteiger partial charge < -0.3 is 9.84 Å². The van der Waals surface area contributed by atoms with Gasteiger partial charge in [-0.2, -0.15) is 0 Å². The minimum absolute atomic E-state index is 0.0914. The van der Waals surface area contributed by atoms with Gasteiger partial charge >= 0.3 is 0 Å². The van der Waals surface area contributed by atoms with E-state index in [9.17, 15) is 5.11 Å². The van der Waals surface area contributed by atoms with Crippen molar-refractivity contribution in [3.8, 4) is 11.5 Å². The Morgan fingerprint density at radius 3 is 2.71 bits per heavy atom. The topological polar surface area (TPSA) is 29.5 Å². The van der Waals surface area contributed by atoms with Crippen molar-refractivity contribution in [3.63, 3.8) is 0 Å². The van der Waals surface area contributed by atoms with Crippen LogP contribution in [0.1, 0.15) is 36.8 Å². The fraction of sp³-hybridized carbons (Fsp3) is 0.333. The van der Waals surface area contributed by atoms with Crippen LogP contribution in [0.4, 0.5) is 0 Å². The van der Waals surface area contributed by atoms with Gasteiger partial charge in [-0.3, -0.25) is 0 Å². The zero-order valence-electron chi connectivity index (χ0n) is 11.7. The highest BCUT2D eigenvalue weighted by Crippen LogP contribution is 2.54. The number of hydrogen-bond acceptors (Lipinski definition) is 2. The number of fused-ring (bicyclic) bond motifs is 3. The van der Waals surface area contributed by atoms with E-state index >= 15 is 0 Å². The maximum absolute atomic E-state index is 9.58. The molecule has 1 aliphatic heterocycles. The van der Waals surface area contributed by atoms with Crippen LogP contribution in [0.15, 0.2) is 42.5 Å². The largest absolute Gasteiger partial charge is 0.508 e. The molecule has 4 rings (SSSR count). The minimum Gasteiger partial charge on any atom is -0.508 e. The second-order valence-electron chi connectivity index (χ2n) is 6.01. The lowest BCUT2D eigenvalue weighted by molar-refractivity contribution is 0.123. The fourth-order valence-electron chi connectivity index (χ4n) is 3.97. The van der Waals surface area contributed by atoms with Gasteiger partial charge in [0.25, 0.3) is 0 Å². The number of aromatic hydroxyl groups is 1. The summed E-state index contributed by atoms with van der Waals surface area (Å²) in [5.74, 6) is 1.22. The van der Waals surface area contributed by atoms with Crippen molar-refractivity contribution in [1.82, 2.24) is 0 Å². The number of phenolic OH excluding ortho intramolecular Hbond substituents is 1. The highest BCUT2D eigenvalue weighted by atomic mass is 35.5. The van der Waals surface area contributed by atoms with Crippen LogP contribution >= 0.6 is 11.6 Å². The molecule has 0 amide bonds. The first kappa shape index (κ1) is 13.0. The molecule has 2 aromatic carbocycles. The minimum atomic E-state index is -0.0914. The van der Waals surface area contributed by atoms with E-state index in [-0.39, 0.29) is 11.5 Å². The van der Waals surface area contributed by atoms with E-state index in [4.69, 9.17) is 16.3 Å². The summed E-state index contributed by atoms with van der Waals surface area (Å²) in [7, 11) is 0. The summed E-state index contributed by atoms with van der Waals surface area (Å²) in [5, 5.41) is 10.3. The number of halogens is 1. The molecule has 1 aliphatic carbocycles.